The van der Waals surface area contributed by atoms with Crippen LogP contribution in [0.25, 0.3) is 0 Å². The normalized spacial score (nSPS) is 10.8. The molecular weight excluding hydrogens is 225 g/mol. The molecule has 0 bridgehead atoms. The highest BCUT2D eigenvalue weighted by Gasteiger charge is 2.36. The Bertz CT molecular complexity index is 239. The van der Waals surface area contributed by atoms with Crippen LogP contribution in [0.2, 0.25) is 0 Å². The van der Waals surface area contributed by atoms with Crippen LogP contribution in [0.5, 0.6) is 0 Å². The van der Waals surface area contributed by atoms with Gasteiger partial charge in [0.1, 0.15) is 0 Å². The van der Waals surface area contributed by atoms with Crippen molar-refractivity contribution < 1.29 is 13.2 Å². The summed E-state index contributed by atoms with van der Waals surface area (Å²) in [6.45, 7) is 9.16. The van der Waals surface area contributed by atoms with Crippen molar-refractivity contribution in [1.82, 2.24) is 0 Å². The van der Waals surface area contributed by atoms with Crippen molar-refractivity contribution in [1.29, 1.82) is 0 Å². The van der Waals surface area contributed by atoms with Crippen LogP contribution in [0, 0.1) is 0 Å². The first kappa shape index (κ1) is 21.3. The van der Waals surface area contributed by atoms with Crippen LogP contribution in [0.1, 0.15) is 53.5 Å². The highest BCUT2D eigenvalue weighted by Crippen LogP contribution is 2.33. The van der Waals surface area contributed by atoms with Crippen molar-refractivity contribution in [2.45, 2.75) is 54.1 Å². The number of alkyl halides is 3. The second-order valence-corrected chi connectivity index (χ2v) is 2.67. The molecule has 1 atom stereocenters. The van der Waals surface area contributed by atoms with Gasteiger partial charge in [0.05, 0.1) is 5.92 Å². The summed E-state index contributed by atoms with van der Waals surface area (Å²) < 4.78 is 36.4. The fourth-order valence-electron chi connectivity index (χ4n) is 0.931. The Morgan fingerprint density at radius 2 is 1.24 bits per heavy atom. The first-order chi connectivity index (χ1) is 7.52. The Hall–Kier alpha value is -0.990. The van der Waals surface area contributed by atoms with E-state index in [4.69, 9.17) is 0 Å². The Morgan fingerprint density at radius 1 is 0.882 bits per heavy atom. The molecule has 0 aliphatic carbocycles. The van der Waals surface area contributed by atoms with E-state index in [1.807, 2.05) is 27.7 Å². The second kappa shape index (κ2) is 11.5. The third-order valence-corrected chi connectivity index (χ3v) is 1.79. The molecule has 0 saturated carbocycles. The molecule has 3 heteroatoms. The first-order valence-electron chi connectivity index (χ1n) is 5.63. The molecule has 0 saturated heterocycles. The van der Waals surface area contributed by atoms with Gasteiger partial charge in [-0.15, -0.1) is 0 Å². The van der Waals surface area contributed by atoms with Crippen LogP contribution >= 0.6 is 0 Å². The average Bonchev–Trinajstić information content (AvgIpc) is 2.33. The van der Waals surface area contributed by atoms with E-state index in [0.29, 0.717) is 5.56 Å². The largest absolute Gasteiger partial charge is 0.395 e. The molecule has 1 aromatic carbocycles. The van der Waals surface area contributed by atoms with E-state index in [0.717, 1.165) is 6.92 Å². The third-order valence-electron chi connectivity index (χ3n) is 1.79. The summed E-state index contributed by atoms with van der Waals surface area (Å²) in [4.78, 5) is 0. The molecule has 0 radical (unpaired) electrons. The minimum absolute atomic E-state index is 0. The number of benzene rings is 1. The molecule has 1 rings (SSSR count). The topological polar surface area (TPSA) is 0 Å². The zero-order valence-electron chi connectivity index (χ0n) is 10.6. The number of halogens is 3. The lowest BCUT2D eigenvalue weighted by Gasteiger charge is -2.15. The Kier molecular flexibility index (Phi) is 14.4. The smallest absolute Gasteiger partial charge is 0.170 e. The maximum atomic E-state index is 12.1. The average molecular weight is 250 g/mol. The highest BCUT2D eigenvalue weighted by molar-refractivity contribution is 5.19. The van der Waals surface area contributed by atoms with Crippen LogP contribution in [-0.2, 0) is 0 Å². The maximum absolute atomic E-state index is 12.1. The molecule has 0 amide bonds. The van der Waals surface area contributed by atoms with E-state index in [9.17, 15) is 13.2 Å². The summed E-state index contributed by atoms with van der Waals surface area (Å²) in [5.74, 6) is -1.38. The summed E-state index contributed by atoms with van der Waals surface area (Å²) in [5.41, 5.74) is 0.310. The van der Waals surface area contributed by atoms with Gasteiger partial charge in [0.2, 0.25) is 0 Å². The molecule has 0 aliphatic heterocycles. The summed E-state index contributed by atoms with van der Waals surface area (Å²) in [7, 11) is 0. The monoisotopic (exact) mass is 250 g/mol. The molecule has 0 aliphatic rings. The van der Waals surface area contributed by atoms with E-state index >= 15 is 0 Å². The molecule has 0 heterocycles. The van der Waals surface area contributed by atoms with Gasteiger partial charge in [-0.2, -0.15) is 13.2 Å². The van der Waals surface area contributed by atoms with E-state index in [1.54, 1.807) is 18.2 Å². The molecule has 102 valence electrons. The van der Waals surface area contributed by atoms with E-state index < -0.39 is 12.1 Å². The van der Waals surface area contributed by atoms with E-state index in [-0.39, 0.29) is 7.43 Å². The van der Waals surface area contributed by atoms with Gasteiger partial charge in [-0.25, -0.2) is 0 Å². The minimum Gasteiger partial charge on any atom is -0.170 e. The van der Waals surface area contributed by atoms with Crippen molar-refractivity contribution in [3.05, 3.63) is 35.9 Å². The standard InChI is InChI=1S/C9H9F3.2C2H6.CH4/c1-7(9(10,11)12)8-5-3-2-4-6-8;2*1-2;/h2-7H,1H3;2*1-2H3;1H4/t7-;;;/m1.../s1. The highest BCUT2D eigenvalue weighted by atomic mass is 19.4. The lowest BCUT2D eigenvalue weighted by molar-refractivity contribution is -0.146. The van der Waals surface area contributed by atoms with Crippen molar-refractivity contribution in [2.24, 2.45) is 0 Å². The predicted molar refractivity (Wildman–Crippen MR) is 70.3 cm³/mol. The zero-order chi connectivity index (χ0) is 13.2. The molecule has 0 unspecified atom stereocenters. The quantitative estimate of drug-likeness (QED) is 0.570. The fourth-order valence-corrected chi connectivity index (χ4v) is 0.931. The van der Waals surface area contributed by atoms with Gasteiger partial charge in [-0.05, 0) is 12.5 Å². The number of hydrogen-bond donors (Lipinski definition) is 0. The SMILES string of the molecule is C.CC.CC.C[C@H](c1ccccc1)C(F)(F)F. The molecule has 1 aromatic rings. The zero-order valence-corrected chi connectivity index (χ0v) is 10.6. The van der Waals surface area contributed by atoms with E-state index in [2.05, 4.69) is 0 Å². The number of hydrogen-bond acceptors (Lipinski definition) is 0. The minimum atomic E-state index is -4.14. The summed E-state index contributed by atoms with van der Waals surface area (Å²) in [5, 5.41) is 0. The summed E-state index contributed by atoms with van der Waals surface area (Å²) in [6.07, 6.45) is -4.14. The van der Waals surface area contributed by atoms with Crippen molar-refractivity contribution in [3.8, 4) is 0 Å². The van der Waals surface area contributed by atoms with Crippen molar-refractivity contribution in [2.75, 3.05) is 0 Å². The Balaban J connectivity index is -0.000000355. The van der Waals surface area contributed by atoms with Crippen LogP contribution in [0.15, 0.2) is 30.3 Å². The lowest BCUT2D eigenvalue weighted by Crippen LogP contribution is -2.17. The molecule has 0 nitrogen and oxygen atoms in total. The van der Waals surface area contributed by atoms with Gasteiger partial charge in [0.25, 0.3) is 0 Å². The summed E-state index contributed by atoms with van der Waals surface area (Å²) in [6, 6.07) is 7.89. The summed E-state index contributed by atoms with van der Waals surface area (Å²) >= 11 is 0. The molecule has 0 N–H and O–H groups in total. The van der Waals surface area contributed by atoms with Gasteiger partial charge in [-0.3, -0.25) is 0 Å². The maximum Gasteiger partial charge on any atom is 0.395 e. The van der Waals surface area contributed by atoms with Crippen LogP contribution in [0.3, 0.4) is 0 Å². The lowest BCUT2D eigenvalue weighted by atomic mass is 10.0. The van der Waals surface area contributed by atoms with E-state index in [1.165, 1.54) is 12.1 Å². The van der Waals surface area contributed by atoms with Gasteiger partial charge in [0, 0.05) is 0 Å². The third kappa shape index (κ3) is 8.78. The van der Waals surface area contributed by atoms with Gasteiger partial charge < -0.3 is 0 Å². The Labute approximate surface area is 104 Å². The molecular formula is C14H25F3. The Morgan fingerprint density at radius 3 is 1.53 bits per heavy atom. The van der Waals surface area contributed by atoms with Crippen LogP contribution < -0.4 is 0 Å². The fraction of sp³-hybridized carbons (Fsp3) is 0.571. The van der Waals surface area contributed by atoms with Crippen molar-refractivity contribution in [3.63, 3.8) is 0 Å². The van der Waals surface area contributed by atoms with Gasteiger partial charge in [-0.1, -0.05) is 65.5 Å². The van der Waals surface area contributed by atoms with Gasteiger partial charge in [0.15, 0.2) is 0 Å². The predicted octanol–water partition coefficient (Wildman–Crippen LogP) is 6.04. The van der Waals surface area contributed by atoms with Crippen LogP contribution in [-0.4, -0.2) is 6.18 Å². The first-order valence-corrected chi connectivity index (χ1v) is 5.63. The molecule has 17 heavy (non-hydrogen) atoms. The van der Waals surface area contributed by atoms with Gasteiger partial charge >= 0.3 is 6.18 Å². The van der Waals surface area contributed by atoms with Crippen LogP contribution in [0.4, 0.5) is 13.2 Å². The molecule has 0 fully saturated rings. The molecule has 0 aromatic heterocycles. The van der Waals surface area contributed by atoms with Crippen molar-refractivity contribution >= 4 is 0 Å². The second-order valence-electron chi connectivity index (χ2n) is 2.67. The molecule has 0 spiro atoms. The number of rotatable bonds is 1.